The lowest BCUT2D eigenvalue weighted by atomic mass is 9.90. The predicted octanol–water partition coefficient (Wildman–Crippen LogP) is 5.32. The van der Waals surface area contributed by atoms with E-state index in [0.29, 0.717) is 0 Å². The van der Waals surface area contributed by atoms with Gasteiger partial charge in [0.15, 0.2) is 0 Å². The molecular formula is C21H20N2. The zero-order valence-corrected chi connectivity index (χ0v) is 13.2. The molecule has 3 aromatic rings. The SMILES string of the molecule is Cc1ccc2c(c1)N[C@@H](c1ccccc1)[C@@H](c1ccccc1)N2. The molecule has 0 saturated carbocycles. The lowest BCUT2D eigenvalue weighted by Crippen LogP contribution is -2.30. The van der Waals surface area contributed by atoms with Crippen LogP contribution in [-0.2, 0) is 0 Å². The molecule has 0 radical (unpaired) electrons. The molecule has 0 amide bonds. The molecule has 0 fully saturated rings. The largest absolute Gasteiger partial charge is 0.374 e. The Labute approximate surface area is 137 Å². The van der Waals surface area contributed by atoms with Crippen molar-refractivity contribution in [1.82, 2.24) is 0 Å². The van der Waals surface area contributed by atoms with Crippen LogP contribution in [0.4, 0.5) is 11.4 Å². The Morgan fingerprint density at radius 2 is 1.13 bits per heavy atom. The fourth-order valence-electron chi connectivity index (χ4n) is 3.28. The predicted molar refractivity (Wildman–Crippen MR) is 96.8 cm³/mol. The van der Waals surface area contributed by atoms with Gasteiger partial charge in [0.1, 0.15) is 0 Å². The molecule has 2 heteroatoms. The van der Waals surface area contributed by atoms with Crippen molar-refractivity contribution in [1.29, 1.82) is 0 Å². The normalized spacial score (nSPS) is 19.3. The molecule has 0 aliphatic carbocycles. The Balaban J connectivity index is 1.80. The van der Waals surface area contributed by atoms with Crippen molar-refractivity contribution in [2.75, 3.05) is 10.6 Å². The average Bonchev–Trinajstić information content (AvgIpc) is 2.62. The van der Waals surface area contributed by atoms with Gasteiger partial charge < -0.3 is 10.6 Å². The fourth-order valence-corrected chi connectivity index (χ4v) is 3.28. The minimum atomic E-state index is 0.202. The van der Waals surface area contributed by atoms with Gasteiger partial charge in [-0.1, -0.05) is 66.7 Å². The van der Waals surface area contributed by atoms with Gasteiger partial charge in [0.25, 0.3) is 0 Å². The molecular weight excluding hydrogens is 280 g/mol. The fraction of sp³-hybridized carbons (Fsp3) is 0.143. The molecule has 2 atom stereocenters. The number of aryl methyl sites for hydroxylation is 1. The van der Waals surface area contributed by atoms with Gasteiger partial charge in [-0.25, -0.2) is 0 Å². The highest BCUT2D eigenvalue weighted by atomic mass is 15.1. The minimum absolute atomic E-state index is 0.202. The molecule has 3 aromatic carbocycles. The molecule has 0 unspecified atom stereocenters. The molecule has 0 saturated heterocycles. The third-order valence-electron chi connectivity index (χ3n) is 4.45. The number of hydrogen-bond acceptors (Lipinski definition) is 2. The number of nitrogens with one attached hydrogen (secondary N) is 2. The van der Waals surface area contributed by atoms with E-state index in [0.717, 1.165) is 5.69 Å². The van der Waals surface area contributed by atoms with E-state index in [4.69, 9.17) is 0 Å². The van der Waals surface area contributed by atoms with Crippen molar-refractivity contribution in [3.63, 3.8) is 0 Å². The number of anilines is 2. The van der Waals surface area contributed by atoms with E-state index in [-0.39, 0.29) is 12.1 Å². The maximum absolute atomic E-state index is 3.74. The second kappa shape index (κ2) is 5.81. The van der Waals surface area contributed by atoms with Crippen LogP contribution in [0.25, 0.3) is 0 Å². The average molecular weight is 300 g/mol. The topological polar surface area (TPSA) is 24.1 Å². The summed E-state index contributed by atoms with van der Waals surface area (Å²) in [6.45, 7) is 2.13. The van der Waals surface area contributed by atoms with Crippen molar-refractivity contribution in [2.24, 2.45) is 0 Å². The molecule has 0 aromatic heterocycles. The van der Waals surface area contributed by atoms with E-state index in [9.17, 15) is 0 Å². The van der Waals surface area contributed by atoms with Crippen LogP contribution in [0, 0.1) is 6.92 Å². The molecule has 1 aliphatic rings. The Bertz CT molecular complexity index is 797. The van der Waals surface area contributed by atoms with E-state index in [1.807, 2.05) is 0 Å². The minimum Gasteiger partial charge on any atom is -0.374 e. The smallest absolute Gasteiger partial charge is 0.0758 e. The molecule has 4 rings (SSSR count). The van der Waals surface area contributed by atoms with Crippen molar-refractivity contribution >= 4 is 11.4 Å². The van der Waals surface area contributed by atoms with Crippen LogP contribution in [0.15, 0.2) is 78.9 Å². The first-order valence-corrected chi connectivity index (χ1v) is 8.05. The van der Waals surface area contributed by atoms with Crippen LogP contribution in [0.3, 0.4) is 0 Å². The number of fused-ring (bicyclic) bond motifs is 1. The van der Waals surface area contributed by atoms with E-state index in [1.165, 1.54) is 22.4 Å². The highest BCUT2D eigenvalue weighted by Gasteiger charge is 2.29. The first kappa shape index (κ1) is 13.9. The molecule has 1 heterocycles. The van der Waals surface area contributed by atoms with Crippen LogP contribution < -0.4 is 10.6 Å². The molecule has 2 N–H and O–H groups in total. The third kappa shape index (κ3) is 2.68. The van der Waals surface area contributed by atoms with Crippen molar-refractivity contribution in [3.05, 3.63) is 95.6 Å². The van der Waals surface area contributed by atoms with E-state index in [1.54, 1.807) is 0 Å². The van der Waals surface area contributed by atoms with Crippen molar-refractivity contribution < 1.29 is 0 Å². The Hall–Kier alpha value is -2.74. The van der Waals surface area contributed by atoms with Gasteiger partial charge in [-0.3, -0.25) is 0 Å². The summed E-state index contributed by atoms with van der Waals surface area (Å²) in [6, 6.07) is 28.2. The summed E-state index contributed by atoms with van der Waals surface area (Å²) >= 11 is 0. The molecule has 23 heavy (non-hydrogen) atoms. The molecule has 0 bridgehead atoms. The third-order valence-corrected chi connectivity index (χ3v) is 4.45. The van der Waals surface area contributed by atoms with Crippen molar-refractivity contribution in [2.45, 2.75) is 19.0 Å². The quantitative estimate of drug-likeness (QED) is 0.669. The van der Waals surface area contributed by atoms with Crippen molar-refractivity contribution in [3.8, 4) is 0 Å². The van der Waals surface area contributed by atoms with Crippen LogP contribution in [0.5, 0.6) is 0 Å². The molecule has 0 spiro atoms. The number of hydrogen-bond donors (Lipinski definition) is 2. The number of benzene rings is 3. The lowest BCUT2D eigenvalue weighted by Gasteiger charge is -2.37. The second-order valence-electron chi connectivity index (χ2n) is 6.11. The summed E-state index contributed by atoms with van der Waals surface area (Å²) in [7, 11) is 0. The Morgan fingerprint density at radius 1 is 0.609 bits per heavy atom. The first-order chi connectivity index (χ1) is 11.3. The highest BCUT2D eigenvalue weighted by Crippen LogP contribution is 2.42. The lowest BCUT2D eigenvalue weighted by molar-refractivity contribution is 0.636. The number of rotatable bonds is 2. The Morgan fingerprint density at radius 3 is 1.70 bits per heavy atom. The first-order valence-electron chi connectivity index (χ1n) is 8.05. The van der Waals surface area contributed by atoms with Crippen LogP contribution in [0.1, 0.15) is 28.8 Å². The van der Waals surface area contributed by atoms with E-state index >= 15 is 0 Å². The highest BCUT2D eigenvalue weighted by molar-refractivity contribution is 5.73. The summed E-state index contributed by atoms with van der Waals surface area (Å²) in [5.41, 5.74) is 6.19. The summed E-state index contributed by atoms with van der Waals surface area (Å²) in [5, 5.41) is 7.47. The summed E-state index contributed by atoms with van der Waals surface area (Å²) in [4.78, 5) is 0. The van der Waals surface area contributed by atoms with E-state index < -0.39 is 0 Å². The van der Waals surface area contributed by atoms with Crippen LogP contribution in [0.2, 0.25) is 0 Å². The zero-order chi connectivity index (χ0) is 15.6. The zero-order valence-electron chi connectivity index (χ0n) is 13.2. The Kier molecular flexibility index (Phi) is 3.51. The van der Waals surface area contributed by atoms with E-state index in [2.05, 4.69) is 96.4 Å². The van der Waals surface area contributed by atoms with Crippen LogP contribution in [-0.4, -0.2) is 0 Å². The summed E-state index contributed by atoms with van der Waals surface area (Å²) in [6.07, 6.45) is 0. The molecule has 2 nitrogen and oxygen atoms in total. The van der Waals surface area contributed by atoms with Crippen LogP contribution >= 0.6 is 0 Å². The summed E-state index contributed by atoms with van der Waals surface area (Å²) in [5.74, 6) is 0. The van der Waals surface area contributed by atoms with Gasteiger partial charge in [0, 0.05) is 0 Å². The van der Waals surface area contributed by atoms with Gasteiger partial charge in [0.05, 0.1) is 23.5 Å². The maximum atomic E-state index is 3.74. The second-order valence-corrected chi connectivity index (χ2v) is 6.11. The molecule has 1 aliphatic heterocycles. The van der Waals surface area contributed by atoms with Gasteiger partial charge in [-0.05, 0) is 35.7 Å². The van der Waals surface area contributed by atoms with Gasteiger partial charge in [0.2, 0.25) is 0 Å². The molecule has 114 valence electrons. The van der Waals surface area contributed by atoms with Gasteiger partial charge in [-0.15, -0.1) is 0 Å². The van der Waals surface area contributed by atoms with Gasteiger partial charge in [-0.2, -0.15) is 0 Å². The standard InChI is InChI=1S/C21H20N2/c1-15-12-13-18-19(14-15)23-21(17-10-6-3-7-11-17)20(22-18)16-8-4-2-5-9-16/h2-14,20-23H,1H3/t20-,21+/m1/s1. The summed E-state index contributed by atoms with van der Waals surface area (Å²) < 4.78 is 0. The maximum Gasteiger partial charge on any atom is 0.0758 e. The van der Waals surface area contributed by atoms with Gasteiger partial charge >= 0.3 is 0 Å². The monoisotopic (exact) mass is 300 g/mol.